The smallest absolute Gasteiger partial charge is 0.243 e. The summed E-state index contributed by atoms with van der Waals surface area (Å²) in [5, 5.41) is 9.20. The molecular weight excluding hydrogens is 290 g/mol. The van der Waals surface area contributed by atoms with E-state index in [0.717, 1.165) is 25.7 Å². The van der Waals surface area contributed by atoms with Gasteiger partial charge in [-0.2, -0.15) is 4.31 Å². The molecule has 5 nitrogen and oxygen atoms in total. The molecule has 1 aliphatic carbocycles. The van der Waals surface area contributed by atoms with Crippen molar-refractivity contribution in [3.63, 3.8) is 0 Å². The van der Waals surface area contributed by atoms with Crippen LogP contribution in [0, 0.1) is 0 Å². The van der Waals surface area contributed by atoms with Crippen molar-refractivity contribution in [3.05, 3.63) is 24.3 Å². The van der Waals surface area contributed by atoms with Crippen LogP contribution in [-0.4, -0.2) is 43.6 Å². The Hall–Kier alpha value is -1.11. The lowest BCUT2D eigenvalue weighted by Gasteiger charge is -2.27. The zero-order valence-corrected chi connectivity index (χ0v) is 13.2. The zero-order chi connectivity index (χ0) is 15.3. The summed E-state index contributed by atoms with van der Waals surface area (Å²) in [6, 6.07) is 6.48. The number of nitrogens with zero attached hydrogens (tertiary/aromatic N) is 1. The van der Waals surface area contributed by atoms with E-state index in [1.807, 2.05) is 6.92 Å². The van der Waals surface area contributed by atoms with E-state index in [1.165, 1.54) is 4.31 Å². The second-order valence-electron chi connectivity index (χ2n) is 5.18. The predicted octanol–water partition coefficient (Wildman–Crippen LogP) is 2.01. The number of aliphatic hydroxyl groups excluding tert-OH is 1. The minimum atomic E-state index is -3.56. The van der Waals surface area contributed by atoms with Crippen LogP contribution in [0.5, 0.6) is 5.75 Å². The largest absolute Gasteiger partial charge is 0.494 e. The third-order valence-electron chi connectivity index (χ3n) is 3.79. The molecule has 0 aliphatic heterocycles. The summed E-state index contributed by atoms with van der Waals surface area (Å²) in [6.07, 6.45) is 3.84. The highest BCUT2D eigenvalue weighted by atomic mass is 32.2. The molecule has 0 bridgehead atoms. The molecular formula is C15H23NO4S. The normalized spacial score (nSPS) is 16.5. The van der Waals surface area contributed by atoms with Crippen LogP contribution in [0.3, 0.4) is 0 Å². The van der Waals surface area contributed by atoms with Gasteiger partial charge in [-0.05, 0) is 44.0 Å². The van der Waals surface area contributed by atoms with Crippen LogP contribution in [0.15, 0.2) is 29.2 Å². The Morgan fingerprint density at radius 2 is 1.86 bits per heavy atom. The average Bonchev–Trinajstić information content (AvgIpc) is 2.99. The Morgan fingerprint density at radius 1 is 1.24 bits per heavy atom. The van der Waals surface area contributed by atoms with Crippen molar-refractivity contribution < 1.29 is 18.3 Å². The van der Waals surface area contributed by atoms with E-state index in [9.17, 15) is 13.5 Å². The van der Waals surface area contributed by atoms with Crippen LogP contribution < -0.4 is 4.74 Å². The highest BCUT2D eigenvalue weighted by Gasteiger charge is 2.32. The number of aliphatic hydroxyl groups is 1. The number of sulfonamides is 1. The molecule has 1 fully saturated rings. The van der Waals surface area contributed by atoms with Crippen molar-refractivity contribution in [1.82, 2.24) is 4.31 Å². The van der Waals surface area contributed by atoms with Gasteiger partial charge in [0.15, 0.2) is 0 Å². The third-order valence-corrected chi connectivity index (χ3v) is 5.76. The lowest BCUT2D eigenvalue weighted by Crippen LogP contribution is -2.40. The van der Waals surface area contributed by atoms with Gasteiger partial charge in [-0.25, -0.2) is 8.42 Å². The molecule has 0 amide bonds. The van der Waals surface area contributed by atoms with Crippen molar-refractivity contribution >= 4 is 10.0 Å². The van der Waals surface area contributed by atoms with Crippen molar-refractivity contribution in [3.8, 4) is 5.75 Å². The molecule has 1 aromatic rings. The van der Waals surface area contributed by atoms with Crippen molar-refractivity contribution in [2.24, 2.45) is 0 Å². The van der Waals surface area contributed by atoms with E-state index >= 15 is 0 Å². The summed E-state index contributed by atoms with van der Waals surface area (Å²) in [4.78, 5) is 0.256. The summed E-state index contributed by atoms with van der Waals surface area (Å²) in [7, 11) is -3.56. The molecule has 0 radical (unpaired) electrons. The minimum Gasteiger partial charge on any atom is -0.494 e. The Balaban J connectivity index is 2.24. The van der Waals surface area contributed by atoms with E-state index in [-0.39, 0.29) is 24.1 Å². The first-order valence-corrected chi connectivity index (χ1v) is 8.89. The van der Waals surface area contributed by atoms with Gasteiger partial charge in [-0.1, -0.05) is 12.8 Å². The van der Waals surface area contributed by atoms with E-state index in [2.05, 4.69) is 0 Å². The summed E-state index contributed by atoms with van der Waals surface area (Å²) in [5.74, 6) is 0.658. The molecule has 21 heavy (non-hydrogen) atoms. The minimum absolute atomic E-state index is 0.00807. The summed E-state index contributed by atoms with van der Waals surface area (Å²) >= 11 is 0. The molecule has 1 aromatic carbocycles. The van der Waals surface area contributed by atoms with E-state index < -0.39 is 10.0 Å². The topological polar surface area (TPSA) is 66.8 Å². The molecule has 0 spiro atoms. The third kappa shape index (κ3) is 3.75. The van der Waals surface area contributed by atoms with Gasteiger partial charge in [0, 0.05) is 12.6 Å². The second-order valence-corrected chi connectivity index (χ2v) is 7.07. The van der Waals surface area contributed by atoms with Crippen LogP contribution in [0.1, 0.15) is 32.6 Å². The highest BCUT2D eigenvalue weighted by molar-refractivity contribution is 7.89. The molecule has 2 rings (SSSR count). The first-order chi connectivity index (χ1) is 10.1. The fraction of sp³-hybridized carbons (Fsp3) is 0.600. The van der Waals surface area contributed by atoms with Gasteiger partial charge < -0.3 is 9.84 Å². The Morgan fingerprint density at radius 3 is 2.38 bits per heavy atom. The monoisotopic (exact) mass is 313 g/mol. The number of hydrogen-bond acceptors (Lipinski definition) is 4. The molecule has 6 heteroatoms. The van der Waals surface area contributed by atoms with Crippen molar-refractivity contribution in [1.29, 1.82) is 0 Å². The summed E-state index contributed by atoms with van der Waals surface area (Å²) in [5.41, 5.74) is 0. The van der Waals surface area contributed by atoms with Crippen molar-refractivity contribution in [2.45, 2.75) is 43.5 Å². The maximum atomic E-state index is 12.8. The fourth-order valence-electron chi connectivity index (χ4n) is 2.80. The van der Waals surface area contributed by atoms with Gasteiger partial charge in [0.2, 0.25) is 10.0 Å². The Bertz CT molecular complexity index is 535. The Kier molecular flexibility index (Phi) is 5.61. The van der Waals surface area contributed by atoms with Gasteiger partial charge in [-0.3, -0.25) is 0 Å². The maximum Gasteiger partial charge on any atom is 0.243 e. The second kappa shape index (κ2) is 7.24. The number of benzene rings is 1. The fourth-order valence-corrected chi connectivity index (χ4v) is 4.48. The van der Waals surface area contributed by atoms with Crippen LogP contribution in [0.2, 0.25) is 0 Å². The molecule has 1 N–H and O–H groups in total. The maximum absolute atomic E-state index is 12.8. The standard InChI is InChI=1S/C15H23NO4S/c1-2-20-14-7-9-15(10-8-14)21(18,19)16(11-12-17)13-5-3-4-6-13/h7-10,13,17H,2-6,11-12H2,1H3. The molecule has 1 saturated carbocycles. The highest BCUT2D eigenvalue weighted by Crippen LogP contribution is 2.29. The quantitative estimate of drug-likeness (QED) is 0.836. The molecule has 0 saturated heterocycles. The van der Waals surface area contributed by atoms with Gasteiger partial charge in [-0.15, -0.1) is 0 Å². The van der Waals surface area contributed by atoms with Crippen LogP contribution in [0.4, 0.5) is 0 Å². The molecule has 0 heterocycles. The Labute approximate surface area is 126 Å². The molecule has 0 unspecified atom stereocenters. The predicted molar refractivity (Wildman–Crippen MR) is 80.8 cm³/mol. The first-order valence-electron chi connectivity index (χ1n) is 7.45. The first kappa shape index (κ1) is 16.3. The number of ether oxygens (including phenoxy) is 1. The molecule has 0 atom stereocenters. The van der Waals surface area contributed by atoms with E-state index in [1.54, 1.807) is 24.3 Å². The van der Waals surface area contributed by atoms with Gasteiger partial charge >= 0.3 is 0 Å². The molecule has 0 aromatic heterocycles. The van der Waals surface area contributed by atoms with Crippen molar-refractivity contribution in [2.75, 3.05) is 19.8 Å². The SMILES string of the molecule is CCOc1ccc(S(=O)(=O)N(CCO)C2CCCC2)cc1. The van der Waals surface area contributed by atoms with Crippen LogP contribution in [0.25, 0.3) is 0 Å². The molecule has 1 aliphatic rings. The molecule has 118 valence electrons. The number of rotatable bonds is 7. The summed E-state index contributed by atoms with van der Waals surface area (Å²) in [6.45, 7) is 2.42. The van der Waals surface area contributed by atoms with Crippen LogP contribution in [-0.2, 0) is 10.0 Å². The zero-order valence-electron chi connectivity index (χ0n) is 12.4. The van der Waals surface area contributed by atoms with E-state index in [4.69, 9.17) is 4.74 Å². The lowest BCUT2D eigenvalue weighted by molar-refractivity contribution is 0.226. The lowest BCUT2D eigenvalue weighted by atomic mass is 10.2. The summed E-state index contributed by atoms with van der Waals surface area (Å²) < 4.78 is 32.3. The van der Waals surface area contributed by atoms with Gasteiger partial charge in [0.1, 0.15) is 5.75 Å². The average molecular weight is 313 g/mol. The van der Waals surface area contributed by atoms with Crippen LogP contribution >= 0.6 is 0 Å². The van der Waals surface area contributed by atoms with E-state index in [0.29, 0.717) is 12.4 Å². The number of hydrogen-bond donors (Lipinski definition) is 1. The van der Waals surface area contributed by atoms with Gasteiger partial charge in [0.25, 0.3) is 0 Å². The van der Waals surface area contributed by atoms with Gasteiger partial charge in [0.05, 0.1) is 18.1 Å².